The maximum atomic E-state index is 11.7. The Morgan fingerprint density at radius 3 is 2.31 bits per heavy atom. The summed E-state index contributed by atoms with van der Waals surface area (Å²) >= 11 is 0. The molecule has 2 saturated carbocycles. The summed E-state index contributed by atoms with van der Waals surface area (Å²) in [5.74, 6) is 0.0358. The van der Waals surface area contributed by atoms with Gasteiger partial charge in [0.1, 0.15) is 6.10 Å². The second-order valence-corrected chi connectivity index (χ2v) is 4.94. The molecule has 4 atom stereocenters. The molecule has 0 aromatic rings. The molecule has 2 rings (SSSR count). The van der Waals surface area contributed by atoms with E-state index in [2.05, 4.69) is 0 Å². The second kappa shape index (κ2) is 2.15. The third-order valence-electron chi connectivity index (χ3n) is 4.00. The molecule has 0 aromatic heterocycles. The van der Waals surface area contributed by atoms with Gasteiger partial charge >= 0.3 is 0 Å². The van der Waals surface area contributed by atoms with E-state index in [9.17, 15) is 15.0 Å². The van der Waals surface area contributed by atoms with Crippen molar-refractivity contribution >= 4 is 5.78 Å². The topological polar surface area (TPSA) is 57.5 Å². The van der Waals surface area contributed by atoms with Crippen LogP contribution in [0.4, 0.5) is 0 Å². The van der Waals surface area contributed by atoms with Gasteiger partial charge in [-0.15, -0.1) is 0 Å². The van der Waals surface area contributed by atoms with E-state index in [0.29, 0.717) is 0 Å². The summed E-state index contributed by atoms with van der Waals surface area (Å²) in [6.45, 7) is 5.52. The molecule has 0 spiro atoms. The maximum Gasteiger partial charge on any atom is 0.171 e. The first-order valence-corrected chi connectivity index (χ1v) is 4.80. The quantitative estimate of drug-likeness (QED) is 0.618. The summed E-state index contributed by atoms with van der Waals surface area (Å²) in [5.41, 5.74) is -1.61. The largest absolute Gasteiger partial charge is 0.387 e. The summed E-state index contributed by atoms with van der Waals surface area (Å²) in [6.07, 6.45) is -0.429. The molecule has 2 N–H and O–H groups in total. The van der Waals surface area contributed by atoms with Gasteiger partial charge in [0.2, 0.25) is 0 Å². The Labute approximate surface area is 77.8 Å². The third-order valence-corrected chi connectivity index (χ3v) is 4.00. The highest BCUT2D eigenvalue weighted by molar-refractivity contribution is 5.96. The normalized spacial score (nSPS) is 54.2. The van der Waals surface area contributed by atoms with Gasteiger partial charge in [0.25, 0.3) is 0 Å². The van der Waals surface area contributed by atoms with Crippen LogP contribution < -0.4 is 0 Å². The van der Waals surface area contributed by atoms with E-state index in [1.165, 1.54) is 0 Å². The molecule has 74 valence electrons. The Balaban J connectivity index is 2.38. The van der Waals surface area contributed by atoms with E-state index in [0.717, 1.165) is 6.42 Å². The lowest BCUT2D eigenvalue weighted by molar-refractivity contribution is -0.138. The molecule has 0 aliphatic heterocycles. The van der Waals surface area contributed by atoms with Gasteiger partial charge < -0.3 is 10.2 Å². The standard InChI is InChI=1S/C10H16O3/c1-5(2)10-4-6(10)9(3,13)7(11)8(10)12/h5-7,11,13H,4H2,1-3H3/t6-,7?,9?,10+/m0/s1. The first-order valence-electron chi connectivity index (χ1n) is 4.80. The van der Waals surface area contributed by atoms with Crippen molar-refractivity contribution in [2.45, 2.75) is 38.9 Å². The van der Waals surface area contributed by atoms with E-state index < -0.39 is 17.1 Å². The van der Waals surface area contributed by atoms with Crippen LogP contribution in [0.2, 0.25) is 0 Å². The zero-order valence-corrected chi connectivity index (χ0v) is 8.24. The van der Waals surface area contributed by atoms with Gasteiger partial charge in [-0.2, -0.15) is 0 Å². The van der Waals surface area contributed by atoms with Crippen molar-refractivity contribution in [2.24, 2.45) is 17.3 Å². The lowest BCUT2D eigenvalue weighted by atomic mass is 9.88. The average Bonchev–Trinajstić information content (AvgIpc) is 2.73. The first kappa shape index (κ1) is 9.16. The number of hydrogen-bond donors (Lipinski definition) is 2. The zero-order valence-electron chi connectivity index (χ0n) is 8.24. The van der Waals surface area contributed by atoms with Crippen molar-refractivity contribution in [3.8, 4) is 0 Å². The van der Waals surface area contributed by atoms with Crippen LogP contribution in [-0.2, 0) is 4.79 Å². The van der Waals surface area contributed by atoms with E-state index in [1.54, 1.807) is 6.92 Å². The van der Waals surface area contributed by atoms with Crippen molar-refractivity contribution in [3.05, 3.63) is 0 Å². The van der Waals surface area contributed by atoms with Crippen LogP contribution in [0.3, 0.4) is 0 Å². The molecule has 13 heavy (non-hydrogen) atoms. The average molecular weight is 184 g/mol. The summed E-state index contributed by atoms with van der Waals surface area (Å²) in [7, 11) is 0. The molecule has 0 heterocycles. The molecular weight excluding hydrogens is 168 g/mol. The number of rotatable bonds is 1. The van der Waals surface area contributed by atoms with Crippen molar-refractivity contribution in [3.63, 3.8) is 0 Å². The summed E-state index contributed by atoms with van der Waals surface area (Å²) in [4.78, 5) is 11.7. The van der Waals surface area contributed by atoms with Crippen LogP contribution in [0.5, 0.6) is 0 Å². The van der Waals surface area contributed by atoms with Crippen LogP contribution in [0.15, 0.2) is 0 Å². The third kappa shape index (κ3) is 0.796. The van der Waals surface area contributed by atoms with E-state index in [-0.39, 0.29) is 17.6 Å². The smallest absolute Gasteiger partial charge is 0.171 e. The SMILES string of the molecule is CC(C)[C@]12C[C@H]1C(C)(O)C(O)C2=O. The highest BCUT2D eigenvalue weighted by Crippen LogP contribution is 2.68. The monoisotopic (exact) mass is 184 g/mol. The first-order chi connectivity index (χ1) is 5.85. The molecule has 0 saturated heterocycles. The van der Waals surface area contributed by atoms with Gasteiger partial charge in [0.05, 0.1) is 5.60 Å². The molecule has 0 radical (unpaired) electrons. The van der Waals surface area contributed by atoms with Gasteiger partial charge in [-0.25, -0.2) is 0 Å². The molecule has 3 heteroatoms. The highest BCUT2D eigenvalue weighted by atomic mass is 16.4. The minimum atomic E-state index is -1.19. The van der Waals surface area contributed by atoms with Gasteiger partial charge in [-0.1, -0.05) is 13.8 Å². The van der Waals surface area contributed by atoms with E-state index in [1.807, 2.05) is 13.8 Å². The molecular formula is C10H16O3. The van der Waals surface area contributed by atoms with Crippen LogP contribution in [0.1, 0.15) is 27.2 Å². The van der Waals surface area contributed by atoms with Crippen LogP contribution in [0.25, 0.3) is 0 Å². The highest BCUT2D eigenvalue weighted by Gasteiger charge is 2.76. The van der Waals surface area contributed by atoms with Gasteiger partial charge in [0.15, 0.2) is 5.78 Å². The number of ketones is 1. The molecule has 2 aliphatic rings. The zero-order chi connectivity index (χ0) is 10.0. The van der Waals surface area contributed by atoms with Crippen molar-refractivity contribution in [1.29, 1.82) is 0 Å². The van der Waals surface area contributed by atoms with Crippen molar-refractivity contribution < 1.29 is 15.0 Å². The molecule has 2 fully saturated rings. The molecule has 0 amide bonds. The molecule has 0 bridgehead atoms. The predicted octanol–water partition coefficient (Wildman–Crippen LogP) is 0.343. The summed E-state index contributed by atoms with van der Waals surface area (Å²) < 4.78 is 0. The molecule has 2 aliphatic carbocycles. The Morgan fingerprint density at radius 2 is 2.08 bits per heavy atom. The Kier molecular flexibility index (Phi) is 1.51. The number of fused-ring (bicyclic) bond motifs is 1. The fourth-order valence-corrected chi connectivity index (χ4v) is 2.91. The van der Waals surface area contributed by atoms with Crippen LogP contribution >= 0.6 is 0 Å². The number of aliphatic hydroxyl groups is 2. The summed E-state index contributed by atoms with van der Waals surface area (Å²) in [6, 6.07) is 0. The van der Waals surface area contributed by atoms with Gasteiger partial charge in [-0.3, -0.25) is 4.79 Å². The van der Waals surface area contributed by atoms with Gasteiger partial charge in [-0.05, 0) is 19.3 Å². The molecule has 0 aromatic carbocycles. The Morgan fingerprint density at radius 1 is 1.54 bits per heavy atom. The van der Waals surface area contributed by atoms with Crippen molar-refractivity contribution in [2.75, 3.05) is 0 Å². The lowest BCUT2D eigenvalue weighted by Crippen LogP contribution is -2.41. The van der Waals surface area contributed by atoms with Gasteiger partial charge in [0, 0.05) is 11.3 Å². The van der Waals surface area contributed by atoms with Crippen LogP contribution in [-0.4, -0.2) is 27.7 Å². The number of carbonyl (C=O) groups is 1. The number of aliphatic hydroxyl groups excluding tert-OH is 1. The Hall–Kier alpha value is -0.410. The summed E-state index contributed by atoms with van der Waals surface area (Å²) in [5, 5.41) is 19.4. The number of hydrogen-bond acceptors (Lipinski definition) is 3. The molecule has 3 nitrogen and oxygen atoms in total. The van der Waals surface area contributed by atoms with E-state index in [4.69, 9.17) is 0 Å². The minimum absolute atomic E-state index is 0.0255. The predicted molar refractivity (Wildman–Crippen MR) is 47.0 cm³/mol. The fourth-order valence-electron chi connectivity index (χ4n) is 2.91. The number of Topliss-reactive ketones (excluding diaryl/α,β-unsaturated/α-hetero) is 1. The fraction of sp³-hybridized carbons (Fsp3) is 0.900. The lowest BCUT2D eigenvalue weighted by Gasteiger charge is -2.22. The van der Waals surface area contributed by atoms with Crippen molar-refractivity contribution in [1.82, 2.24) is 0 Å². The number of carbonyl (C=O) groups excluding carboxylic acids is 1. The van der Waals surface area contributed by atoms with E-state index >= 15 is 0 Å². The second-order valence-electron chi connectivity index (χ2n) is 4.94. The van der Waals surface area contributed by atoms with Crippen LogP contribution in [0, 0.1) is 17.3 Å². The Bertz CT molecular complexity index is 269. The minimum Gasteiger partial charge on any atom is -0.387 e. The maximum absolute atomic E-state index is 11.7. The molecule has 2 unspecified atom stereocenters.